The molecule has 51 heavy (non-hydrogen) atoms. The van der Waals surface area contributed by atoms with Crippen LogP contribution in [0.3, 0.4) is 0 Å². The van der Waals surface area contributed by atoms with E-state index < -0.39 is 33.7 Å². The van der Waals surface area contributed by atoms with Gasteiger partial charge in [-0.2, -0.15) is 0 Å². The molecule has 0 aliphatic carbocycles. The van der Waals surface area contributed by atoms with Crippen LogP contribution in [0.5, 0.6) is 0 Å². The predicted octanol–water partition coefficient (Wildman–Crippen LogP) is 6.35. The van der Waals surface area contributed by atoms with Crippen LogP contribution in [0.2, 0.25) is 0 Å². The molecule has 4 aromatic heterocycles. The van der Waals surface area contributed by atoms with Crippen molar-refractivity contribution in [2.75, 3.05) is 44.3 Å². The van der Waals surface area contributed by atoms with Gasteiger partial charge in [-0.05, 0) is 60.7 Å². The number of halogens is 3. The number of rotatable bonds is 8. The Morgan fingerprint density at radius 3 is 2.47 bits per heavy atom. The SMILES string of the molecule is CNC(=O)c1c(-c2ccc(F)cc2)oc2cc(N(C)S(C)(=O)=O)c(-c3ccc4nc(CCN5CC(F)C5)n5c6cccc(F)c6cc5c4n3)cc12. The van der Waals surface area contributed by atoms with Crippen molar-refractivity contribution in [3.63, 3.8) is 0 Å². The van der Waals surface area contributed by atoms with Gasteiger partial charge in [-0.25, -0.2) is 31.6 Å². The molecule has 1 aliphatic heterocycles. The van der Waals surface area contributed by atoms with Crippen LogP contribution in [0.25, 0.3) is 61.0 Å². The van der Waals surface area contributed by atoms with Crippen LogP contribution in [-0.2, 0) is 16.4 Å². The average molecular weight is 713 g/mol. The van der Waals surface area contributed by atoms with Crippen molar-refractivity contribution in [2.45, 2.75) is 12.6 Å². The lowest BCUT2D eigenvalue weighted by Gasteiger charge is -2.34. The van der Waals surface area contributed by atoms with Gasteiger partial charge in [-0.15, -0.1) is 0 Å². The largest absolute Gasteiger partial charge is 0.455 e. The molecule has 7 aromatic rings. The fraction of sp³-hybridized carbons (Fsp3) is 0.216. The smallest absolute Gasteiger partial charge is 0.255 e. The second kappa shape index (κ2) is 12.1. The molecular weight excluding hydrogens is 682 g/mol. The molecule has 0 bridgehead atoms. The highest BCUT2D eigenvalue weighted by Crippen LogP contribution is 2.41. The number of hydrogen-bond donors (Lipinski definition) is 1. The zero-order valence-corrected chi connectivity index (χ0v) is 28.6. The number of amides is 1. The van der Waals surface area contributed by atoms with Crippen LogP contribution in [0.15, 0.2) is 77.2 Å². The van der Waals surface area contributed by atoms with Crippen LogP contribution in [0, 0.1) is 11.6 Å². The summed E-state index contributed by atoms with van der Waals surface area (Å²) in [6.45, 7) is 1.30. The van der Waals surface area contributed by atoms with Crippen molar-refractivity contribution in [3.05, 3.63) is 95.8 Å². The third kappa shape index (κ3) is 5.54. The highest BCUT2D eigenvalue weighted by Gasteiger charge is 2.28. The Bertz CT molecular complexity index is 2650. The minimum absolute atomic E-state index is 0.179. The van der Waals surface area contributed by atoms with Crippen molar-refractivity contribution < 1.29 is 30.8 Å². The van der Waals surface area contributed by atoms with Gasteiger partial charge in [0, 0.05) is 68.1 Å². The van der Waals surface area contributed by atoms with Crippen molar-refractivity contribution in [3.8, 4) is 22.6 Å². The molecule has 260 valence electrons. The normalized spacial score (nSPS) is 14.2. The van der Waals surface area contributed by atoms with E-state index in [1.807, 2.05) is 9.30 Å². The van der Waals surface area contributed by atoms with E-state index in [1.165, 1.54) is 50.5 Å². The van der Waals surface area contributed by atoms with Crippen LogP contribution in [-0.4, -0.2) is 79.8 Å². The Balaban J connectivity index is 1.37. The Morgan fingerprint density at radius 2 is 1.76 bits per heavy atom. The van der Waals surface area contributed by atoms with Gasteiger partial charge >= 0.3 is 0 Å². The average Bonchev–Trinajstić information content (AvgIpc) is 3.68. The Hall–Kier alpha value is -5.47. The van der Waals surface area contributed by atoms with Crippen molar-refractivity contribution in [1.82, 2.24) is 24.6 Å². The number of fused-ring (bicyclic) bond motifs is 6. The van der Waals surface area contributed by atoms with Gasteiger partial charge in [0.1, 0.15) is 40.5 Å². The summed E-state index contributed by atoms with van der Waals surface area (Å²) in [6, 6.07) is 18.7. The number of carbonyl (C=O) groups is 1. The fourth-order valence-electron chi connectivity index (χ4n) is 6.76. The van der Waals surface area contributed by atoms with E-state index in [0.29, 0.717) is 81.5 Å². The van der Waals surface area contributed by atoms with E-state index in [-0.39, 0.29) is 22.6 Å². The van der Waals surface area contributed by atoms with E-state index in [4.69, 9.17) is 14.4 Å². The lowest BCUT2D eigenvalue weighted by molar-refractivity contribution is 0.0665. The molecule has 14 heteroatoms. The first-order valence-electron chi connectivity index (χ1n) is 16.2. The molecule has 0 spiro atoms. The van der Waals surface area contributed by atoms with E-state index in [9.17, 15) is 22.0 Å². The second-order valence-electron chi connectivity index (χ2n) is 12.7. The summed E-state index contributed by atoms with van der Waals surface area (Å²) in [6.07, 6.45) is 0.717. The first-order chi connectivity index (χ1) is 24.4. The van der Waals surface area contributed by atoms with E-state index in [1.54, 1.807) is 36.4 Å². The molecule has 10 nitrogen and oxygen atoms in total. The first-order valence-corrected chi connectivity index (χ1v) is 18.0. The van der Waals surface area contributed by atoms with Crippen molar-refractivity contribution in [2.24, 2.45) is 0 Å². The number of nitrogens with one attached hydrogen (secondary N) is 1. The van der Waals surface area contributed by atoms with Crippen LogP contribution in [0.4, 0.5) is 18.9 Å². The molecule has 0 radical (unpaired) electrons. The van der Waals surface area contributed by atoms with Crippen molar-refractivity contribution in [1.29, 1.82) is 0 Å². The zero-order valence-electron chi connectivity index (χ0n) is 27.7. The van der Waals surface area contributed by atoms with Gasteiger partial charge in [0.2, 0.25) is 10.0 Å². The third-order valence-electron chi connectivity index (χ3n) is 9.46. The standard InChI is InChI=1S/C37H31F3N6O4S/c1-41-37(47)34-25-15-24(30(44(2)51(3,48)49)17-32(25)50-36(34)20-7-9-21(38)10-8-20)27-11-12-28-35(43-27)31-16-23-26(40)5-4-6-29(23)46(31)33(42-28)13-14-45-18-22(39)19-45/h4-12,15-17,22H,13-14,18-19H2,1-3H3,(H,41,47). The quantitative estimate of drug-likeness (QED) is 0.196. The summed E-state index contributed by atoms with van der Waals surface area (Å²) in [5, 5.41) is 3.40. The second-order valence-corrected chi connectivity index (χ2v) is 14.7. The molecule has 8 rings (SSSR count). The topological polar surface area (TPSA) is 113 Å². The number of anilines is 1. The maximum atomic E-state index is 15.2. The summed E-state index contributed by atoms with van der Waals surface area (Å²) in [5.74, 6) is -0.484. The van der Waals surface area contributed by atoms with Gasteiger partial charge in [0.15, 0.2) is 0 Å². The molecule has 1 fully saturated rings. The summed E-state index contributed by atoms with van der Waals surface area (Å²) in [4.78, 5) is 25.3. The minimum atomic E-state index is -3.80. The van der Waals surface area contributed by atoms with Gasteiger partial charge < -0.3 is 9.73 Å². The number of alkyl halides is 1. The molecule has 5 heterocycles. The number of pyridine rings is 1. The molecule has 1 aliphatic rings. The number of furan rings is 1. The Kier molecular flexibility index (Phi) is 7.76. The predicted molar refractivity (Wildman–Crippen MR) is 190 cm³/mol. The highest BCUT2D eigenvalue weighted by molar-refractivity contribution is 7.92. The maximum absolute atomic E-state index is 15.2. The number of aromatic nitrogens is 3. The number of hydrogen-bond acceptors (Lipinski definition) is 7. The first kappa shape index (κ1) is 32.7. The van der Waals surface area contributed by atoms with Gasteiger partial charge in [-0.3, -0.25) is 18.4 Å². The number of nitrogens with zero attached hydrogens (tertiary/aromatic N) is 5. The monoisotopic (exact) mass is 712 g/mol. The molecule has 0 saturated carbocycles. The molecule has 3 aromatic carbocycles. The Labute approximate surface area is 290 Å². The third-order valence-corrected chi connectivity index (χ3v) is 10.7. The molecule has 0 atom stereocenters. The molecule has 1 N–H and O–H groups in total. The summed E-state index contributed by atoms with van der Waals surface area (Å²) in [5.41, 5.74) is 3.99. The molecule has 1 amide bonds. The van der Waals surface area contributed by atoms with Crippen molar-refractivity contribution >= 4 is 60.0 Å². The molecular formula is C37H31F3N6O4S. The number of likely N-dealkylation sites (tertiary alicyclic amines) is 1. The summed E-state index contributed by atoms with van der Waals surface area (Å²) in [7, 11) is -0.915. The number of carbonyl (C=O) groups excluding carboxylic acids is 1. The summed E-state index contributed by atoms with van der Waals surface area (Å²) >= 11 is 0. The van der Waals surface area contributed by atoms with E-state index >= 15 is 4.39 Å². The number of benzene rings is 3. The lowest BCUT2D eigenvalue weighted by atomic mass is 10.0. The molecule has 0 unspecified atom stereocenters. The minimum Gasteiger partial charge on any atom is -0.455 e. The summed E-state index contributed by atoms with van der Waals surface area (Å²) < 4.78 is 77.6. The van der Waals surface area contributed by atoms with Gasteiger partial charge in [0.05, 0.1) is 39.8 Å². The molecule has 1 saturated heterocycles. The van der Waals surface area contributed by atoms with Crippen LogP contribution < -0.4 is 9.62 Å². The maximum Gasteiger partial charge on any atom is 0.255 e. The van der Waals surface area contributed by atoms with Gasteiger partial charge in [-0.1, -0.05) is 6.07 Å². The van der Waals surface area contributed by atoms with Crippen LogP contribution in [0.1, 0.15) is 16.2 Å². The Morgan fingerprint density at radius 1 is 1.00 bits per heavy atom. The van der Waals surface area contributed by atoms with E-state index in [0.717, 1.165) is 10.6 Å². The fourth-order valence-corrected chi connectivity index (χ4v) is 7.27. The highest BCUT2D eigenvalue weighted by atomic mass is 32.2. The lowest BCUT2D eigenvalue weighted by Crippen LogP contribution is -2.49. The van der Waals surface area contributed by atoms with Gasteiger partial charge in [0.25, 0.3) is 5.91 Å². The number of sulfonamides is 1. The van der Waals surface area contributed by atoms with E-state index in [2.05, 4.69) is 5.32 Å². The van der Waals surface area contributed by atoms with Crippen LogP contribution >= 0.6 is 0 Å². The zero-order chi connectivity index (χ0) is 35.8.